The average molecular weight is 999 g/mol. The second-order valence-corrected chi connectivity index (χ2v) is 18.3. The quantitative estimate of drug-likeness (QED) is 0.113. The van der Waals surface area contributed by atoms with Gasteiger partial charge in [-0.3, -0.25) is 0 Å². The molecule has 22 heterocycles. The summed E-state index contributed by atoms with van der Waals surface area (Å²) in [4.78, 5) is 0. The fraction of sp³-hybridized carbons (Fsp3) is 1.00. The van der Waals surface area contributed by atoms with E-state index < -0.39 is 217 Å². The van der Waals surface area contributed by atoms with Crippen LogP contribution in [0.3, 0.4) is 0 Å². The van der Waals surface area contributed by atoms with Gasteiger partial charge < -0.3 is 144 Å². The van der Waals surface area contributed by atoms with Crippen LogP contribution in [-0.2, 0) is 56.8 Å². The summed E-state index contributed by atoms with van der Waals surface area (Å²) in [6.07, 6.45) is -56.5. The molecule has 0 saturated carbocycles. The van der Waals surface area contributed by atoms with Crippen LogP contribution in [0.15, 0.2) is 0 Å². The van der Waals surface area contributed by atoms with Crippen molar-refractivity contribution in [3.8, 4) is 0 Å². The predicted molar refractivity (Wildman–Crippen MR) is 208 cm³/mol. The molecule has 396 valence electrons. The third-order valence-electron chi connectivity index (χ3n) is 13.2. The first-order chi connectivity index (χ1) is 32.3. The molecule has 12 bridgehead atoms. The van der Waals surface area contributed by atoms with E-state index in [4.69, 9.17) is 56.8 Å². The third-order valence-corrected chi connectivity index (χ3v) is 13.2. The Hall–Kier alpha value is -1.16. The van der Waals surface area contributed by atoms with E-state index >= 15 is 0 Å². The van der Waals surface area contributed by atoms with Crippen LogP contribution in [-0.4, -0.2) is 304 Å². The molecule has 29 nitrogen and oxygen atoms in total. The summed E-state index contributed by atoms with van der Waals surface area (Å²) in [6, 6.07) is 0. The summed E-state index contributed by atoms with van der Waals surface area (Å²) in [5.74, 6) is -0.222. The Bertz CT molecular complexity index is 1560. The Morgan fingerprint density at radius 2 is 0.412 bits per heavy atom. The highest BCUT2D eigenvalue weighted by Gasteiger charge is 2.58. The Balaban J connectivity index is 1.20. The van der Waals surface area contributed by atoms with Gasteiger partial charge in [0, 0.05) is 0 Å². The summed E-state index contributed by atoms with van der Waals surface area (Å²) in [5.41, 5.74) is 0. The summed E-state index contributed by atoms with van der Waals surface area (Å²) in [6.45, 7) is -1.34. The lowest BCUT2D eigenvalue weighted by Crippen LogP contribution is -2.69. The van der Waals surface area contributed by atoms with Crippen LogP contribution >= 0.6 is 0 Å². The molecule has 30 atom stereocenters. The van der Waals surface area contributed by atoms with E-state index in [1.54, 1.807) is 13.8 Å². The summed E-state index contributed by atoms with van der Waals surface area (Å²) < 4.78 is 69.3. The van der Waals surface area contributed by atoms with Gasteiger partial charge in [0.2, 0.25) is 0 Å². The molecule has 22 rings (SSSR count). The zero-order valence-electron chi connectivity index (χ0n) is 36.6. The van der Waals surface area contributed by atoms with E-state index in [1.165, 1.54) is 0 Å². The van der Waals surface area contributed by atoms with Crippen LogP contribution in [0.4, 0.5) is 0 Å². The van der Waals surface area contributed by atoms with E-state index in [9.17, 15) is 86.8 Å². The molecule has 22 fully saturated rings. The van der Waals surface area contributed by atoms with Gasteiger partial charge in [-0.1, -0.05) is 13.8 Å². The highest BCUT2D eigenvalue weighted by molar-refractivity contribution is 5.01. The van der Waals surface area contributed by atoms with Gasteiger partial charge in [0.15, 0.2) is 37.7 Å². The molecular formula is C39H66O29. The fourth-order valence-corrected chi connectivity index (χ4v) is 9.44. The third kappa shape index (κ3) is 10.7. The van der Waals surface area contributed by atoms with Gasteiger partial charge in [0.05, 0.1) is 39.1 Å². The van der Waals surface area contributed by atoms with Gasteiger partial charge >= 0.3 is 0 Å². The van der Waals surface area contributed by atoms with Crippen molar-refractivity contribution in [2.45, 2.75) is 205 Å². The van der Waals surface area contributed by atoms with E-state index in [0.717, 1.165) is 0 Å². The number of aliphatic hydroxyl groups is 17. The molecule has 22 aliphatic heterocycles. The van der Waals surface area contributed by atoms with Gasteiger partial charge in [-0.2, -0.15) is 0 Å². The number of aliphatic hydroxyl groups excluding tert-OH is 17. The van der Waals surface area contributed by atoms with Crippen LogP contribution in [0.1, 0.15) is 20.3 Å². The lowest BCUT2D eigenvalue weighted by molar-refractivity contribution is -0.403. The van der Waals surface area contributed by atoms with E-state index in [-0.39, 0.29) is 12.3 Å². The van der Waals surface area contributed by atoms with E-state index in [1.807, 2.05) is 0 Å². The first-order valence-electron chi connectivity index (χ1n) is 22.3. The normalized spacial score (nSPS) is 54.2. The molecule has 68 heavy (non-hydrogen) atoms. The van der Waals surface area contributed by atoms with Crippen molar-refractivity contribution in [2.75, 3.05) is 33.0 Å². The molecule has 0 aromatic carbocycles. The summed E-state index contributed by atoms with van der Waals surface area (Å²) in [5, 5.41) is 187. The van der Waals surface area contributed by atoms with E-state index in [2.05, 4.69) is 0 Å². The maximum absolute atomic E-state index is 11.5. The molecule has 0 radical (unpaired) electrons. The van der Waals surface area contributed by atoms with Crippen LogP contribution in [0, 0.1) is 5.92 Å². The molecule has 22 saturated heterocycles. The van der Waals surface area contributed by atoms with Crippen molar-refractivity contribution in [1.29, 1.82) is 0 Å². The zero-order valence-corrected chi connectivity index (χ0v) is 36.6. The van der Waals surface area contributed by atoms with Crippen molar-refractivity contribution < 1.29 is 144 Å². The lowest BCUT2D eigenvalue weighted by Gasteiger charge is -2.51. The zero-order chi connectivity index (χ0) is 49.6. The Labute approximate surface area is 386 Å². The van der Waals surface area contributed by atoms with Crippen LogP contribution in [0.25, 0.3) is 0 Å². The molecule has 22 aliphatic rings. The van der Waals surface area contributed by atoms with Gasteiger partial charge in [-0.05, 0) is 12.3 Å². The maximum atomic E-state index is 11.5. The van der Waals surface area contributed by atoms with Crippen molar-refractivity contribution in [3.05, 3.63) is 0 Å². The second kappa shape index (κ2) is 22.9. The maximum Gasteiger partial charge on any atom is 0.187 e. The number of rotatable bonds is 7. The Kier molecular flexibility index (Phi) is 18.4. The van der Waals surface area contributed by atoms with Crippen LogP contribution in [0.5, 0.6) is 0 Å². The van der Waals surface area contributed by atoms with Gasteiger partial charge in [-0.15, -0.1) is 0 Å². The molecule has 29 heteroatoms. The minimum Gasteiger partial charge on any atom is -0.394 e. The van der Waals surface area contributed by atoms with Gasteiger partial charge in [0.1, 0.15) is 140 Å². The minimum absolute atomic E-state index is 0.0567. The number of ether oxygens (including phenoxy) is 12. The van der Waals surface area contributed by atoms with Crippen molar-refractivity contribution in [3.63, 3.8) is 0 Å². The molecule has 30 unspecified atom stereocenters. The number of hydrogen-bond donors (Lipinski definition) is 17. The predicted octanol–water partition coefficient (Wildman–Crippen LogP) is -11.0. The van der Waals surface area contributed by atoms with Gasteiger partial charge in [-0.25, -0.2) is 0 Å². The highest BCUT2D eigenvalue weighted by Crippen LogP contribution is 2.38. The first-order valence-corrected chi connectivity index (χ1v) is 22.3. The Morgan fingerprint density at radius 3 is 0.574 bits per heavy atom. The molecule has 0 aromatic heterocycles. The molecule has 0 spiro atoms. The molecule has 17 N–H and O–H groups in total. The standard InChI is InChI=1S/C39H66O29/c1-9(2)3-10-28-16(45)22(51)34(57-10)64-29-11(4-40)59-36(24(53)18(29)47)66-31-13(6-42)61-38(26(55)20(31)49)68-33-15(8-44)62-39(27(56)21(33)50)67-32-14(7-43)60-37(25(54)19(32)48)65-30-12(5-41)58-35(63-28)23(52)17(30)46/h9-56H,3-8H2,1-2H3. The first kappa shape index (κ1) is 54.6. The van der Waals surface area contributed by atoms with Gasteiger partial charge in [0.25, 0.3) is 0 Å². The Morgan fingerprint density at radius 1 is 0.250 bits per heavy atom. The monoisotopic (exact) mass is 998 g/mol. The second-order valence-electron chi connectivity index (χ2n) is 18.3. The highest BCUT2D eigenvalue weighted by atomic mass is 16.8. The molecule has 0 amide bonds. The smallest absolute Gasteiger partial charge is 0.187 e. The molecular weight excluding hydrogens is 932 g/mol. The largest absolute Gasteiger partial charge is 0.394 e. The summed E-state index contributed by atoms with van der Waals surface area (Å²) in [7, 11) is 0. The number of hydrogen-bond acceptors (Lipinski definition) is 29. The molecule has 0 aliphatic carbocycles. The van der Waals surface area contributed by atoms with Crippen LogP contribution < -0.4 is 0 Å². The lowest BCUT2D eigenvalue weighted by atomic mass is 9.92. The average Bonchev–Trinajstić information content (AvgIpc) is 3.31. The fourth-order valence-electron chi connectivity index (χ4n) is 9.44. The topological polar surface area (TPSA) is 455 Å². The van der Waals surface area contributed by atoms with Crippen molar-refractivity contribution in [2.24, 2.45) is 5.92 Å². The molecule has 0 aromatic rings. The van der Waals surface area contributed by atoms with Crippen LogP contribution in [0.2, 0.25) is 0 Å². The van der Waals surface area contributed by atoms with E-state index in [0.29, 0.717) is 0 Å². The van der Waals surface area contributed by atoms with Crippen molar-refractivity contribution >= 4 is 0 Å². The van der Waals surface area contributed by atoms with Crippen molar-refractivity contribution in [1.82, 2.24) is 0 Å². The summed E-state index contributed by atoms with van der Waals surface area (Å²) >= 11 is 0. The minimum atomic E-state index is -2.14. The SMILES string of the molecule is CC(C)CC1OC2OC3C(CO)OC(OC4C(CO)OC(OC5C(CO)OC(OC6C(CO)OC(OC7C(CO)OC(OC1C(O)C2O)C(O)C7O)C(O)C6O)C(O)C5O)C(O)C4O)C(O)C3O.